The van der Waals surface area contributed by atoms with Crippen LogP contribution in [0.15, 0.2) is 23.8 Å². The molecule has 0 fully saturated rings. The van der Waals surface area contributed by atoms with Crippen molar-refractivity contribution in [3.05, 3.63) is 23.8 Å². The molecule has 0 amide bonds. The molecule has 0 heterocycles. The van der Waals surface area contributed by atoms with Crippen LogP contribution < -0.4 is 34.7 Å². The van der Waals surface area contributed by atoms with Crippen molar-refractivity contribution in [2.24, 2.45) is 23.2 Å². The first-order valence-corrected chi connectivity index (χ1v) is 10.7. The summed E-state index contributed by atoms with van der Waals surface area (Å²) in [7, 11) is 0. The Balaban J connectivity index is 0.00000480. The zero-order valence-electron chi connectivity index (χ0n) is 19.3. The maximum atomic E-state index is 12.5. The number of carbonyl (C=O) groups is 2. The molecule has 8 heteroatoms. The molecule has 31 heavy (non-hydrogen) atoms. The predicted octanol–water partition coefficient (Wildman–Crippen LogP) is -1.89. The Kier molecular flexibility index (Phi) is 10.9. The average molecular weight is 447 g/mol. The molecule has 0 saturated carbocycles. The van der Waals surface area contributed by atoms with Gasteiger partial charge in [0.1, 0.15) is 6.10 Å². The third-order valence-electron chi connectivity index (χ3n) is 6.02. The fraction of sp³-hybridized carbons (Fsp3) is 0.739. The van der Waals surface area contributed by atoms with E-state index in [-0.39, 0.29) is 59.7 Å². The molecule has 0 aromatic rings. The monoisotopic (exact) mass is 446 g/mol. The summed E-state index contributed by atoms with van der Waals surface area (Å²) in [6.45, 7) is 7.45. The van der Waals surface area contributed by atoms with Gasteiger partial charge in [-0.1, -0.05) is 25.2 Å². The summed E-state index contributed by atoms with van der Waals surface area (Å²) in [6, 6.07) is 0. The van der Waals surface area contributed by atoms with Gasteiger partial charge in [0, 0.05) is 24.7 Å². The van der Waals surface area contributed by atoms with Crippen LogP contribution in [0.1, 0.15) is 59.8 Å². The number of fused-ring (bicyclic) bond motifs is 1. The van der Waals surface area contributed by atoms with Gasteiger partial charge in [-0.15, -0.1) is 0 Å². The Bertz CT molecular complexity index is 682. The van der Waals surface area contributed by atoms with Crippen molar-refractivity contribution >= 4 is 11.9 Å². The first-order chi connectivity index (χ1) is 13.9. The minimum absolute atomic E-state index is 0. The summed E-state index contributed by atoms with van der Waals surface area (Å²) in [5, 5.41) is 40.8. The summed E-state index contributed by atoms with van der Waals surface area (Å²) >= 11 is 0. The molecule has 0 aromatic carbocycles. The second-order valence-corrected chi connectivity index (χ2v) is 9.77. The molecule has 2 aliphatic carbocycles. The first-order valence-electron chi connectivity index (χ1n) is 10.7. The number of hydrogen-bond donors (Lipinski definition) is 3. The molecule has 0 spiro atoms. The van der Waals surface area contributed by atoms with Crippen LogP contribution in [0.5, 0.6) is 0 Å². The number of carboxylic acid groups (broad SMARTS) is 1. The van der Waals surface area contributed by atoms with Crippen molar-refractivity contribution in [3.63, 3.8) is 0 Å². The molecule has 0 aliphatic heterocycles. The van der Waals surface area contributed by atoms with Gasteiger partial charge in [-0.2, -0.15) is 0 Å². The zero-order valence-corrected chi connectivity index (χ0v) is 21.3. The molecular formula is C23H35NaO7. The molecule has 3 N–H and O–H groups in total. The number of aliphatic hydroxyl groups is 3. The minimum Gasteiger partial charge on any atom is -0.550 e. The topological polar surface area (TPSA) is 127 Å². The van der Waals surface area contributed by atoms with Crippen LogP contribution in [0, 0.1) is 23.2 Å². The number of carboxylic acids is 1. The number of ether oxygens (including phenoxy) is 1. The van der Waals surface area contributed by atoms with Gasteiger partial charge in [0.15, 0.2) is 0 Å². The maximum Gasteiger partial charge on any atom is 1.00 e. The third-order valence-corrected chi connectivity index (χ3v) is 6.02. The van der Waals surface area contributed by atoms with Gasteiger partial charge < -0.3 is 30.0 Å². The zero-order chi connectivity index (χ0) is 22.6. The van der Waals surface area contributed by atoms with E-state index in [1.807, 2.05) is 12.2 Å². The van der Waals surface area contributed by atoms with E-state index in [0.717, 1.165) is 5.57 Å². The summed E-state index contributed by atoms with van der Waals surface area (Å²) in [6.07, 6.45) is 3.54. The fourth-order valence-corrected chi connectivity index (χ4v) is 4.39. The van der Waals surface area contributed by atoms with Crippen molar-refractivity contribution in [1.82, 2.24) is 0 Å². The van der Waals surface area contributed by atoms with Gasteiger partial charge >= 0.3 is 35.5 Å². The Morgan fingerprint density at radius 1 is 1.26 bits per heavy atom. The van der Waals surface area contributed by atoms with Crippen LogP contribution in [0.4, 0.5) is 0 Å². The maximum absolute atomic E-state index is 12.5. The van der Waals surface area contributed by atoms with E-state index >= 15 is 0 Å². The Hall–Kier alpha value is -0.700. The number of esters is 1. The number of hydrogen-bond acceptors (Lipinski definition) is 7. The standard InChI is InChI=1S/C23H36O7.Na/c1-13-5-6-14-9-16(25)11-19(30-22(29)23(2,3)4)21(14)18(13)8-7-15(24)10-17(26)12-20(27)28;/h5-6,9,13,15-19,21,24-26H,7-8,10-12H2,1-4H3,(H,27,28);/q;+1/p-1/t13-,15+,16+,17+,18-,19-,21-;/m0./s1. The van der Waals surface area contributed by atoms with Gasteiger partial charge in [-0.3, -0.25) is 4.79 Å². The van der Waals surface area contributed by atoms with Crippen LogP contribution in [0.3, 0.4) is 0 Å². The molecule has 0 aromatic heterocycles. The second kappa shape index (κ2) is 12.0. The average Bonchev–Trinajstić information content (AvgIpc) is 2.59. The van der Waals surface area contributed by atoms with Crippen molar-refractivity contribution in [2.75, 3.05) is 0 Å². The molecule has 170 valence electrons. The smallest absolute Gasteiger partial charge is 0.550 e. The van der Waals surface area contributed by atoms with E-state index in [1.165, 1.54) is 0 Å². The predicted molar refractivity (Wildman–Crippen MR) is 109 cm³/mol. The normalized spacial score (nSPS) is 29.8. The molecule has 0 saturated heterocycles. The van der Waals surface area contributed by atoms with Gasteiger partial charge in [0.25, 0.3) is 0 Å². The van der Waals surface area contributed by atoms with Crippen molar-refractivity contribution in [3.8, 4) is 0 Å². The van der Waals surface area contributed by atoms with E-state index < -0.39 is 42.2 Å². The summed E-state index contributed by atoms with van der Waals surface area (Å²) in [4.78, 5) is 23.1. The Labute approximate surface area is 206 Å². The van der Waals surface area contributed by atoms with Crippen LogP contribution in [-0.4, -0.2) is 51.7 Å². The van der Waals surface area contributed by atoms with Gasteiger partial charge in [0.05, 0.1) is 23.7 Å². The number of rotatable bonds is 8. The van der Waals surface area contributed by atoms with E-state index in [1.54, 1.807) is 20.8 Å². The van der Waals surface area contributed by atoms with E-state index in [2.05, 4.69) is 13.0 Å². The number of aliphatic carboxylic acids is 1. The first kappa shape index (κ1) is 28.3. The number of allylic oxidation sites excluding steroid dienone is 2. The largest absolute Gasteiger partial charge is 1.00 e. The molecule has 2 rings (SSSR count). The molecule has 7 nitrogen and oxygen atoms in total. The molecular weight excluding hydrogens is 411 g/mol. The molecule has 2 aliphatic rings. The molecule has 0 radical (unpaired) electrons. The van der Waals surface area contributed by atoms with Crippen molar-refractivity contribution < 1.29 is 64.3 Å². The molecule has 0 unspecified atom stereocenters. The van der Waals surface area contributed by atoms with Crippen LogP contribution in [0.2, 0.25) is 0 Å². The molecule has 7 atom stereocenters. The van der Waals surface area contributed by atoms with Crippen LogP contribution in [0.25, 0.3) is 0 Å². The van der Waals surface area contributed by atoms with E-state index in [0.29, 0.717) is 19.3 Å². The van der Waals surface area contributed by atoms with E-state index in [4.69, 9.17) is 4.74 Å². The second-order valence-electron chi connectivity index (χ2n) is 9.77. The van der Waals surface area contributed by atoms with E-state index in [9.17, 15) is 30.0 Å². The summed E-state index contributed by atoms with van der Waals surface area (Å²) in [5.41, 5.74) is 0.290. The summed E-state index contributed by atoms with van der Waals surface area (Å²) in [5.74, 6) is -1.48. The SMILES string of the molecule is C[C@H]1C=CC2=C[C@@H](O)C[C@H](OC(=O)C(C)(C)C)[C@@H]2[C@H]1CC[C@@H](O)C[C@@H](O)CC(=O)[O-].[Na+]. The summed E-state index contributed by atoms with van der Waals surface area (Å²) < 4.78 is 5.84. The third kappa shape index (κ3) is 8.30. The fourth-order valence-electron chi connectivity index (χ4n) is 4.39. The Morgan fingerprint density at radius 3 is 2.48 bits per heavy atom. The Morgan fingerprint density at radius 2 is 1.90 bits per heavy atom. The van der Waals surface area contributed by atoms with Crippen LogP contribution in [-0.2, 0) is 14.3 Å². The van der Waals surface area contributed by atoms with Gasteiger partial charge in [-0.05, 0) is 57.4 Å². The van der Waals surface area contributed by atoms with Crippen molar-refractivity contribution in [1.29, 1.82) is 0 Å². The minimum atomic E-state index is -1.35. The van der Waals surface area contributed by atoms with Crippen LogP contribution >= 0.6 is 0 Å². The van der Waals surface area contributed by atoms with Crippen molar-refractivity contribution in [2.45, 2.75) is 84.2 Å². The van der Waals surface area contributed by atoms with Gasteiger partial charge in [-0.25, -0.2) is 0 Å². The quantitative estimate of drug-likeness (QED) is 0.294. The number of aliphatic hydroxyl groups excluding tert-OH is 3. The molecule has 0 bridgehead atoms. The van der Waals surface area contributed by atoms with Gasteiger partial charge in [0.2, 0.25) is 0 Å². The number of carbonyl (C=O) groups excluding carboxylic acids is 2.